The predicted octanol–water partition coefficient (Wildman–Crippen LogP) is 2.55. The van der Waals surface area contributed by atoms with E-state index in [9.17, 15) is 4.79 Å². The van der Waals surface area contributed by atoms with Crippen LogP contribution < -0.4 is 16.0 Å². The van der Waals surface area contributed by atoms with Crippen molar-refractivity contribution >= 4 is 34.3 Å². The number of hydrogen-bond acceptors (Lipinski definition) is 5. The highest BCUT2D eigenvalue weighted by Crippen LogP contribution is 2.33. The van der Waals surface area contributed by atoms with Crippen molar-refractivity contribution in [2.75, 3.05) is 23.0 Å². The zero-order valence-electron chi connectivity index (χ0n) is 12.1. The number of aryl methyl sites for hydroxylation is 2. The average Bonchev–Trinajstić information content (AvgIpc) is 2.83. The molecule has 1 aliphatic rings. The molecule has 0 saturated heterocycles. The van der Waals surface area contributed by atoms with Gasteiger partial charge in [0.2, 0.25) is 5.91 Å². The van der Waals surface area contributed by atoms with Crippen molar-refractivity contribution < 1.29 is 4.79 Å². The van der Waals surface area contributed by atoms with E-state index < -0.39 is 0 Å². The maximum atomic E-state index is 11.5. The van der Waals surface area contributed by atoms with Crippen molar-refractivity contribution in [2.24, 2.45) is 0 Å². The Bertz CT molecular complexity index is 695. The fraction of sp³-hybridized carbons (Fsp3) is 0.333. The van der Waals surface area contributed by atoms with Gasteiger partial charge in [-0.2, -0.15) is 0 Å². The van der Waals surface area contributed by atoms with Gasteiger partial charge in [0.05, 0.1) is 28.6 Å². The molecular formula is C15H18N4OS. The number of nitrogens with two attached hydrogens (primary N) is 1. The highest BCUT2D eigenvalue weighted by molar-refractivity contribution is 7.09. The van der Waals surface area contributed by atoms with Gasteiger partial charge in [0.15, 0.2) is 0 Å². The van der Waals surface area contributed by atoms with Crippen LogP contribution in [0.2, 0.25) is 0 Å². The van der Waals surface area contributed by atoms with E-state index in [1.807, 2.05) is 26.1 Å². The maximum absolute atomic E-state index is 11.5. The van der Waals surface area contributed by atoms with Crippen LogP contribution in [0.5, 0.6) is 0 Å². The van der Waals surface area contributed by atoms with Crippen molar-refractivity contribution in [2.45, 2.75) is 26.3 Å². The minimum absolute atomic E-state index is 0.0657. The Morgan fingerprint density at radius 3 is 2.95 bits per heavy atom. The first kappa shape index (κ1) is 13.9. The molecule has 0 saturated carbocycles. The zero-order valence-corrected chi connectivity index (χ0v) is 13.0. The number of carbonyl (C=O) groups is 1. The zero-order chi connectivity index (χ0) is 15.0. The third-order valence-corrected chi connectivity index (χ3v) is 4.45. The van der Waals surface area contributed by atoms with Gasteiger partial charge in [0.1, 0.15) is 0 Å². The summed E-state index contributed by atoms with van der Waals surface area (Å²) in [4.78, 5) is 18.1. The smallest absolute Gasteiger partial charge is 0.224 e. The summed E-state index contributed by atoms with van der Waals surface area (Å²) in [6, 6.07) is 3.92. The molecule has 0 radical (unpaired) electrons. The second-order valence-corrected chi connectivity index (χ2v) is 6.39. The first-order chi connectivity index (χ1) is 10.0. The minimum Gasteiger partial charge on any atom is -0.397 e. The molecule has 110 valence electrons. The van der Waals surface area contributed by atoms with Crippen LogP contribution >= 0.6 is 11.3 Å². The van der Waals surface area contributed by atoms with Gasteiger partial charge in [0, 0.05) is 24.5 Å². The molecule has 0 spiro atoms. The number of carbonyl (C=O) groups excluding carboxylic acids is 1. The van der Waals surface area contributed by atoms with Crippen molar-refractivity contribution in [3.05, 3.63) is 33.8 Å². The molecule has 1 aromatic heterocycles. The molecule has 5 nitrogen and oxygen atoms in total. The topological polar surface area (TPSA) is 71.2 Å². The Hall–Kier alpha value is -2.08. The van der Waals surface area contributed by atoms with Gasteiger partial charge in [-0.15, -0.1) is 11.3 Å². The lowest BCUT2D eigenvalue weighted by atomic mass is 10.0. The monoisotopic (exact) mass is 302 g/mol. The van der Waals surface area contributed by atoms with Crippen LogP contribution in [0, 0.1) is 6.92 Å². The van der Waals surface area contributed by atoms with Crippen LogP contribution in [-0.2, 0) is 17.8 Å². The van der Waals surface area contributed by atoms with Crippen molar-refractivity contribution in [1.82, 2.24) is 4.98 Å². The molecule has 2 heterocycles. The first-order valence-electron chi connectivity index (χ1n) is 6.87. The summed E-state index contributed by atoms with van der Waals surface area (Å²) in [7, 11) is 1.98. The average molecular weight is 302 g/mol. The van der Waals surface area contributed by atoms with Gasteiger partial charge in [-0.05, 0) is 31.0 Å². The maximum Gasteiger partial charge on any atom is 0.224 e. The lowest BCUT2D eigenvalue weighted by Crippen LogP contribution is -2.22. The van der Waals surface area contributed by atoms with Crippen molar-refractivity contribution in [1.29, 1.82) is 0 Å². The summed E-state index contributed by atoms with van der Waals surface area (Å²) in [6.45, 7) is 2.69. The minimum atomic E-state index is 0.0657. The largest absolute Gasteiger partial charge is 0.397 e. The summed E-state index contributed by atoms with van der Waals surface area (Å²) in [5.74, 6) is 0.0657. The van der Waals surface area contributed by atoms with Crippen LogP contribution in [0.15, 0.2) is 17.5 Å². The summed E-state index contributed by atoms with van der Waals surface area (Å²) in [5, 5.41) is 6.03. The van der Waals surface area contributed by atoms with E-state index in [0.717, 1.165) is 39.7 Å². The van der Waals surface area contributed by atoms with Crippen LogP contribution in [0.4, 0.5) is 17.1 Å². The Morgan fingerprint density at radius 1 is 1.43 bits per heavy atom. The SMILES string of the molecule is Cc1nc(CN(C)c2cc3c(cc2N)CCC(=O)N3)cs1. The van der Waals surface area contributed by atoms with E-state index in [1.54, 1.807) is 11.3 Å². The molecule has 0 fully saturated rings. The number of nitrogen functional groups attached to an aromatic ring is 1. The van der Waals surface area contributed by atoms with Crippen LogP contribution in [0.3, 0.4) is 0 Å². The Morgan fingerprint density at radius 2 is 2.24 bits per heavy atom. The second-order valence-electron chi connectivity index (χ2n) is 5.33. The highest BCUT2D eigenvalue weighted by Gasteiger charge is 2.18. The van der Waals surface area contributed by atoms with Crippen LogP contribution in [-0.4, -0.2) is 17.9 Å². The number of benzene rings is 1. The van der Waals surface area contributed by atoms with Crippen LogP contribution in [0.1, 0.15) is 22.7 Å². The summed E-state index contributed by atoms with van der Waals surface area (Å²) in [6.07, 6.45) is 1.28. The molecule has 21 heavy (non-hydrogen) atoms. The Kier molecular flexibility index (Phi) is 3.55. The van der Waals surface area contributed by atoms with E-state index >= 15 is 0 Å². The van der Waals surface area contributed by atoms with E-state index in [1.165, 1.54) is 0 Å². The standard InChI is InChI=1S/C15H18N4OS/c1-9-17-11(8-21-9)7-19(2)14-6-13-10(5-12(14)16)3-4-15(20)18-13/h5-6,8H,3-4,7,16H2,1-2H3,(H,18,20). The lowest BCUT2D eigenvalue weighted by Gasteiger charge is -2.24. The molecule has 0 atom stereocenters. The fourth-order valence-corrected chi connectivity index (χ4v) is 3.18. The molecule has 6 heteroatoms. The summed E-state index contributed by atoms with van der Waals surface area (Å²) >= 11 is 1.64. The number of nitrogens with one attached hydrogen (secondary N) is 1. The molecule has 1 aliphatic heterocycles. The van der Waals surface area contributed by atoms with Gasteiger partial charge >= 0.3 is 0 Å². The van der Waals surface area contributed by atoms with Gasteiger partial charge in [-0.25, -0.2) is 4.98 Å². The van der Waals surface area contributed by atoms with Crippen molar-refractivity contribution in [3.8, 4) is 0 Å². The molecule has 0 bridgehead atoms. The summed E-state index contributed by atoms with van der Waals surface area (Å²) in [5.41, 5.74) is 10.8. The highest BCUT2D eigenvalue weighted by atomic mass is 32.1. The first-order valence-corrected chi connectivity index (χ1v) is 7.75. The molecule has 2 aromatic rings. The number of nitrogens with zero attached hydrogens (tertiary/aromatic N) is 2. The van der Waals surface area contributed by atoms with Crippen LogP contribution in [0.25, 0.3) is 0 Å². The van der Waals surface area contributed by atoms with Crippen molar-refractivity contribution in [3.63, 3.8) is 0 Å². The van der Waals surface area contributed by atoms with E-state index in [0.29, 0.717) is 13.0 Å². The van der Waals surface area contributed by atoms with Gasteiger partial charge in [-0.3, -0.25) is 4.79 Å². The van der Waals surface area contributed by atoms with E-state index in [-0.39, 0.29) is 5.91 Å². The third-order valence-electron chi connectivity index (χ3n) is 3.62. The number of thiazole rings is 1. The van der Waals surface area contributed by atoms with Gasteiger partial charge in [0.25, 0.3) is 0 Å². The number of hydrogen-bond donors (Lipinski definition) is 2. The molecule has 0 aliphatic carbocycles. The number of aromatic nitrogens is 1. The molecule has 3 rings (SSSR count). The lowest BCUT2D eigenvalue weighted by molar-refractivity contribution is -0.116. The van der Waals surface area contributed by atoms with E-state index in [2.05, 4.69) is 20.6 Å². The van der Waals surface area contributed by atoms with Gasteiger partial charge < -0.3 is 16.0 Å². The number of anilines is 3. The van der Waals surface area contributed by atoms with Gasteiger partial charge in [-0.1, -0.05) is 0 Å². The molecule has 3 N–H and O–H groups in total. The Labute approximate surface area is 127 Å². The Balaban J connectivity index is 1.87. The quantitative estimate of drug-likeness (QED) is 0.855. The number of rotatable bonds is 3. The summed E-state index contributed by atoms with van der Waals surface area (Å²) < 4.78 is 0. The number of amides is 1. The number of fused-ring (bicyclic) bond motifs is 1. The predicted molar refractivity (Wildman–Crippen MR) is 86.8 cm³/mol. The normalized spacial score (nSPS) is 13.7. The van der Waals surface area contributed by atoms with E-state index in [4.69, 9.17) is 5.73 Å². The molecule has 0 unspecified atom stereocenters. The molecule has 1 amide bonds. The fourth-order valence-electron chi connectivity index (χ4n) is 2.58. The third kappa shape index (κ3) is 2.85. The molecule has 1 aromatic carbocycles. The second kappa shape index (κ2) is 5.37. The molecular weight excluding hydrogens is 284 g/mol.